The molecule has 2 rings (SSSR count). The zero-order chi connectivity index (χ0) is 15.6. The van der Waals surface area contributed by atoms with Gasteiger partial charge in [0.25, 0.3) is 0 Å². The second-order valence-corrected chi connectivity index (χ2v) is 5.63. The lowest BCUT2D eigenvalue weighted by Gasteiger charge is -2.13. The van der Waals surface area contributed by atoms with Crippen molar-refractivity contribution in [1.29, 1.82) is 0 Å². The van der Waals surface area contributed by atoms with Crippen molar-refractivity contribution in [2.24, 2.45) is 0 Å². The number of nitrogens with one attached hydrogen (secondary N) is 1. The zero-order valence-electron chi connectivity index (χ0n) is 12.3. The van der Waals surface area contributed by atoms with Gasteiger partial charge < -0.3 is 15.2 Å². The number of rotatable bonds is 5. The van der Waals surface area contributed by atoms with Crippen LogP contribution < -0.4 is 20.9 Å². The fourth-order valence-corrected chi connectivity index (χ4v) is 2.90. The molecule has 0 aliphatic heterocycles. The van der Waals surface area contributed by atoms with Crippen molar-refractivity contribution in [2.75, 3.05) is 20.0 Å². The van der Waals surface area contributed by atoms with Crippen LogP contribution >= 0.6 is 11.8 Å². The molecule has 0 atom stereocenters. The van der Waals surface area contributed by atoms with Gasteiger partial charge in [-0.2, -0.15) is 0 Å². The van der Waals surface area contributed by atoms with Crippen molar-refractivity contribution in [3.8, 4) is 11.5 Å². The zero-order valence-corrected chi connectivity index (χ0v) is 13.2. The monoisotopic (exact) mass is 310 g/mol. The summed E-state index contributed by atoms with van der Waals surface area (Å²) in [7, 11) is 3.11. The molecule has 0 aliphatic carbocycles. The van der Waals surface area contributed by atoms with E-state index in [1.54, 1.807) is 30.9 Å². The number of anilines is 1. The summed E-state index contributed by atoms with van der Waals surface area (Å²) < 4.78 is 12.0. The highest BCUT2D eigenvalue weighted by Crippen LogP contribution is 2.39. The molecule has 2 aromatic rings. The number of nitrogen functional groups attached to an aromatic ring is 1. The van der Waals surface area contributed by atoms with E-state index < -0.39 is 0 Å². The van der Waals surface area contributed by atoms with E-state index in [1.165, 1.54) is 11.8 Å². The summed E-state index contributed by atoms with van der Waals surface area (Å²) in [6.07, 6.45) is 0. The summed E-state index contributed by atoms with van der Waals surface area (Å²) >= 11 is 1.30. The highest BCUT2D eigenvalue weighted by Gasteiger charge is 2.16. The van der Waals surface area contributed by atoms with Crippen molar-refractivity contribution >= 4 is 17.4 Å². The van der Waals surface area contributed by atoms with Crippen molar-refractivity contribution < 1.29 is 9.47 Å². The van der Waals surface area contributed by atoms with Gasteiger partial charge in [-0.05, 0) is 25.6 Å². The Labute approximate surface area is 126 Å². The van der Waals surface area contributed by atoms with Crippen LogP contribution in [-0.2, 0) is 0 Å². The third-order valence-electron chi connectivity index (χ3n) is 2.91. The lowest BCUT2D eigenvalue weighted by Crippen LogP contribution is -2.19. The van der Waals surface area contributed by atoms with Crippen LogP contribution in [0, 0.1) is 0 Å². The summed E-state index contributed by atoms with van der Waals surface area (Å²) in [5.41, 5.74) is 6.31. The Morgan fingerprint density at radius 1 is 1.29 bits per heavy atom. The topological polar surface area (TPSA) is 95.2 Å². The van der Waals surface area contributed by atoms with Gasteiger partial charge in [-0.3, -0.25) is 4.57 Å². The quantitative estimate of drug-likeness (QED) is 0.819. The third kappa shape index (κ3) is 2.99. The molecule has 1 aromatic carbocycles. The largest absolute Gasteiger partial charge is 0.493 e. The second kappa shape index (κ2) is 6.13. The lowest BCUT2D eigenvalue weighted by atomic mass is 10.3. The number of nitrogens with zero attached hydrogens (tertiary/aromatic N) is 2. The normalized spacial score (nSPS) is 10.9. The first-order chi connectivity index (χ1) is 9.97. The van der Waals surface area contributed by atoms with Crippen LogP contribution in [0.3, 0.4) is 0 Å². The minimum Gasteiger partial charge on any atom is -0.493 e. The molecular formula is C13H18N4O3S. The number of H-pyrrole nitrogens is 1. The van der Waals surface area contributed by atoms with Crippen LogP contribution in [0.2, 0.25) is 0 Å². The highest BCUT2D eigenvalue weighted by atomic mass is 32.2. The maximum atomic E-state index is 11.7. The van der Waals surface area contributed by atoms with Gasteiger partial charge in [-0.15, -0.1) is 5.10 Å². The summed E-state index contributed by atoms with van der Waals surface area (Å²) in [5, 5.41) is 7.03. The van der Waals surface area contributed by atoms with Crippen molar-refractivity contribution in [2.45, 2.75) is 29.9 Å². The molecule has 0 spiro atoms. The molecule has 1 aromatic heterocycles. The molecule has 21 heavy (non-hydrogen) atoms. The summed E-state index contributed by atoms with van der Waals surface area (Å²) in [6, 6.07) is 3.45. The molecule has 0 unspecified atom stereocenters. The smallest absolute Gasteiger partial charge is 0.344 e. The van der Waals surface area contributed by atoms with Gasteiger partial charge in [-0.1, -0.05) is 0 Å². The molecule has 0 saturated carbocycles. The Kier molecular flexibility index (Phi) is 4.46. The third-order valence-corrected chi connectivity index (χ3v) is 3.95. The van der Waals surface area contributed by atoms with Crippen molar-refractivity contribution in [3.63, 3.8) is 0 Å². The number of ether oxygens (including phenoxy) is 2. The SMILES string of the molecule is COc1cc(N)c(Sc2n[nH]c(=O)n2C(C)C)cc1OC. The van der Waals surface area contributed by atoms with E-state index in [4.69, 9.17) is 15.2 Å². The van der Waals surface area contributed by atoms with Gasteiger partial charge in [0.1, 0.15) is 0 Å². The molecule has 0 aliphatic rings. The van der Waals surface area contributed by atoms with Crippen molar-refractivity contribution in [3.05, 3.63) is 22.6 Å². The molecule has 0 radical (unpaired) electrons. The lowest BCUT2D eigenvalue weighted by molar-refractivity contribution is 0.354. The van der Waals surface area contributed by atoms with Crippen LogP contribution in [0.5, 0.6) is 11.5 Å². The maximum absolute atomic E-state index is 11.7. The van der Waals surface area contributed by atoms with E-state index in [1.807, 2.05) is 13.8 Å². The Morgan fingerprint density at radius 3 is 2.48 bits per heavy atom. The van der Waals surface area contributed by atoms with Gasteiger partial charge in [0, 0.05) is 28.8 Å². The van der Waals surface area contributed by atoms with E-state index in [9.17, 15) is 4.79 Å². The first kappa shape index (κ1) is 15.3. The highest BCUT2D eigenvalue weighted by molar-refractivity contribution is 7.99. The molecule has 3 N–H and O–H groups in total. The second-order valence-electron chi connectivity index (χ2n) is 4.62. The maximum Gasteiger partial charge on any atom is 0.344 e. The molecule has 7 nitrogen and oxygen atoms in total. The van der Waals surface area contributed by atoms with Gasteiger partial charge in [-0.25, -0.2) is 9.89 Å². The molecule has 1 heterocycles. The van der Waals surface area contributed by atoms with E-state index >= 15 is 0 Å². The Morgan fingerprint density at radius 2 is 1.90 bits per heavy atom. The number of benzene rings is 1. The fourth-order valence-electron chi connectivity index (χ4n) is 1.88. The molecule has 0 bridgehead atoms. The van der Waals surface area contributed by atoms with Gasteiger partial charge in [0.2, 0.25) is 0 Å². The van der Waals surface area contributed by atoms with Crippen LogP contribution in [0.4, 0.5) is 5.69 Å². The minimum atomic E-state index is -0.244. The Hall–Kier alpha value is -2.09. The van der Waals surface area contributed by atoms with Crippen LogP contribution in [0.1, 0.15) is 19.9 Å². The molecule has 0 saturated heterocycles. The Bertz CT molecular complexity index is 693. The summed E-state index contributed by atoms with van der Waals surface area (Å²) in [4.78, 5) is 12.5. The summed E-state index contributed by atoms with van der Waals surface area (Å²) in [6.45, 7) is 3.83. The van der Waals surface area contributed by atoms with E-state index in [0.29, 0.717) is 22.3 Å². The average molecular weight is 310 g/mol. The molecular weight excluding hydrogens is 292 g/mol. The predicted octanol–water partition coefficient (Wildman–Crippen LogP) is 1.90. The average Bonchev–Trinajstić information content (AvgIpc) is 2.81. The number of aromatic amines is 1. The number of methoxy groups -OCH3 is 2. The van der Waals surface area contributed by atoms with E-state index in [-0.39, 0.29) is 11.7 Å². The van der Waals surface area contributed by atoms with Gasteiger partial charge in [0.15, 0.2) is 16.7 Å². The number of hydrogen-bond donors (Lipinski definition) is 2. The van der Waals surface area contributed by atoms with Crippen LogP contribution in [0.15, 0.2) is 27.0 Å². The first-order valence-electron chi connectivity index (χ1n) is 6.34. The predicted molar refractivity (Wildman–Crippen MR) is 81.3 cm³/mol. The number of nitrogens with two attached hydrogens (primary N) is 1. The number of aromatic nitrogens is 3. The Balaban J connectivity index is 2.43. The summed E-state index contributed by atoms with van der Waals surface area (Å²) in [5.74, 6) is 1.13. The minimum absolute atomic E-state index is 0.000110. The fraction of sp³-hybridized carbons (Fsp3) is 0.385. The van der Waals surface area contributed by atoms with Crippen molar-refractivity contribution in [1.82, 2.24) is 14.8 Å². The molecule has 114 valence electrons. The van der Waals surface area contributed by atoms with Crippen LogP contribution in [0.25, 0.3) is 0 Å². The van der Waals surface area contributed by atoms with Gasteiger partial charge >= 0.3 is 5.69 Å². The van der Waals surface area contributed by atoms with Gasteiger partial charge in [0.05, 0.1) is 14.2 Å². The molecule has 8 heteroatoms. The molecule has 0 amide bonds. The number of hydrogen-bond acceptors (Lipinski definition) is 6. The van der Waals surface area contributed by atoms with E-state index in [0.717, 1.165) is 4.90 Å². The van der Waals surface area contributed by atoms with E-state index in [2.05, 4.69) is 10.2 Å². The molecule has 0 fully saturated rings. The standard InChI is InChI=1S/C13H18N4O3S/c1-7(2)17-12(18)15-16-13(17)21-11-6-10(20-4)9(19-3)5-8(11)14/h5-7H,14H2,1-4H3,(H,15,18). The van der Waals surface area contributed by atoms with Crippen LogP contribution in [-0.4, -0.2) is 29.0 Å². The first-order valence-corrected chi connectivity index (χ1v) is 7.15.